The summed E-state index contributed by atoms with van der Waals surface area (Å²) in [6.07, 6.45) is 0. The number of carbonyl (C=O) groups is 2. The molecule has 3 aromatic rings. The normalized spacial score (nSPS) is 11.0. The van der Waals surface area contributed by atoms with Gasteiger partial charge in [0, 0.05) is 17.8 Å². The van der Waals surface area contributed by atoms with Crippen LogP contribution in [-0.4, -0.2) is 27.4 Å². The summed E-state index contributed by atoms with van der Waals surface area (Å²) in [5.74, 6) is -0.722. The number of amides is 1. The highest BCUT2D eigenvalue weighted by atomic mass is 32.2. The standard InChI is InChI=1S/C24H24N2O5S/c1-16-4-5-17(2)22(14-16)32(29,30)26-21-12-10-19(11-13-21)23(27)25-15-18-6-8-20(9-7-18)24(28)31-3/h4-14,26H,15H2,1-3H3,(H,25,27). The molecule has 0 aliphatic rings. The Kier molecular flexibility index (Phi) is 6.95. The predicted molar refractivity (Wildman–Crippen MR) is 122 cm³/mol. The highest BCUT2D eigenvalue weighted by Crippen LogP contribution is 2.21. The summed E-state index contributed by atoms with van der Waals surface area (Å²) in [7, 11) is -2.43. The number of esters is 1. The fourth-order valence-electron chi connectivity index (χ4n) is 3.06. The van der Waals surface area contributed by atoms with Gasteiger partial charge in [0.1, 0.15) is 0 Å². The van der Waals surface area contributed by atoms with Gasteiger partial charge in [-0.1, -0.05) is 24.3 Å². The summed E-state index contributed by atoms with van der Waals surface area (Å²) in [6.45, 7) is 3.85. The van der Waals surface area contributed by atoms with Crippen LogP contribution in [0.25, 0.3) is 0 Å². The van der Waals surface area contributed by atoms with Gasteiger partial charge < -0.3 is 10.1 Å². The number of aryl methyl sites for hydroxylation is 2. The fourth-order valence-corrected chi connectivity index (χ4v) is 4.45. The van der Waals surface area contributed by atoms with Crippen LogP contribution in [0.3, 0.4) is 0 Å². The van der Waals surface area contributed by atoms with Crippen LogP contribution in [0.4, 0.5) is 5.69 Å². The number of carbonyl (C=O) groups excluding carboxylic acids is 2. The van der Waals surface area contributed by atoms with E-state index in [1.54, 1.807) is 67.6 Å². The van der Waals surface area contributed by atoms with E-state index in [0.29, 0.717) is 22.4 Å². The second-order valence-electron chi connectivity index (χ2n) is 7.32. The molecule has 3 rings (SSSR count). The Morgan fingerprint density at radius 1 is 0.875 bits per heavy atom. The Hall–Kier alpha value is -3.65. The first kappa shape index (κ1) is 23.0. The molecule has 0 aromatic heterocycles. The summed E-state index contributed by atoms with van der Waals surface area (Å²) >= 11 is 0. The van der Waals surface area contributed by atoms with Crippen molar-refractivity contribution in [1.29, 1.82) is 0 Å². The Bertz CT molecular complexity index is 1230. The van der Waals surface area contributed by atoms with E-state index in [4.69, 9.17) is 0 Å². The van der Waals surface area contributed by atoms with Crippen molar-refractivity contribution in [3.8, 4) is 0 Å². The predicted octanol–water partition coefficient (Wildman–Crippen LogP) is 3.82. The minimum absolute atomic E-state index is 0.220. The summed E-state index contributed by atoms with van der Waals surface area (Å²) in [6, 6.07) is 18.2. The van der Waals surface area contributed by atoms with Crippen LogP contribution in [0.15, 0.2) is 71.6 Å². The average molecular weight is 453 g/mol. The first-order valence-electron chi connectivity index (χ1n) is 9.85. The molecule has 3 aromatic carbocycles. The number of sulfonamides is 1. The second kappa shape index (κ2) is 9.65. The van der Waals surface area contributed by atoms with Crippen LogP contribution in [0.1, 0.15) is 37.4 Å². The van der Waals surface area contributed by atoms with E-state index < -0.39 is 16.0 Å². The highest BCUT2D eigenvalue weighted by molar-refractivity contribution is 7.92. The van der Waals surface area contributed by atoms with Gasteiger partial charge in [-0.3, -0.25) is 9.52 Å². The molecule has 0 unspecified atom stereocenters. The van der Waals surface area contributed by atoms with Crippen LogP contribution >= 0.6 is 0 Å². The maximum absolute atomic E-state index is 12.7. The topological polar surface area (TPSA) is 102 Å². The number of ether oxygens (including phenoxy) is 1. The maximum Gasteiger partial charge on any atom is 0.337 e. The number of benzene rings is 3. The molecular weight excluding hydrogens is 428 g/mol. The maximum atomic E-state index is 12.7. The Morgan fingerprint density at radius 2 is 1.50 bits per heavy atom. The van der Waals surface area contributed by atoms with Crippen LogP contribution in [0.5, 0.6) is 0 Å². The summed E-state index contributed by atoms with van der Waals surface area (Å²) in [5.41, 5.74) is 3.51. The monoisotopic (exact) mass is 452 g/mol. The van der Waals surface area contributed by atoms with Crippen molar-refractivity contribution >= 4 is 27.6 Å². The van der Waals surface area contributed by atoms with Crippen molar-refractivity contribution in [2.24, 2.45) is 0 Å². The zero-order valence-corrected chi connectivity index (χ0v) is 18.8. The third kappa shape index (κ3) is 5.53. The Balaban J connectivity index is 1.63. The van der Waals surface area contributed by atoms with Crippen molar-refractivity contribution in [2.75, 3.05) is 11.8 Å². The number of methoxy groups -OCH3 is 1. The van der Waals surface area contributed by atoms with Gasteiger partial charge in [0.05, 0.1) is 17.6 Å². The minimum atomic E-state index is -3.74. The molecule has 0 saturated heterocycles. The number of anilines is 1. The van der Waals surface area contributed by atoms with E-state index in [-0.39, 0.29) is 17.3 Å². The van der Waals surface area contributed by atoms with Crippen molar-refractivity contribution in [3.05, 3.63) is 94.5 Å². The van der Waals surface area contributed by atoms with Gasteiger partial charge in [0.25, 0.3) is 15.9 Å². The molecule has 166 valence electrons. The first-order valence-corrected chi connectivity index (χ1v) is 11.3. The molecular formula is C24H24N2O5S. The van der Waals surface area contributed by atoms with Gasteiger partial charge in [-0.2, -0.15) is 0 Å². The molecule has 0 aliphatic heterocycles. The average Bonchev–Trinajstić information content (AvgIpc) is 2.79. The van der Waals surface area contributed by atoms with Crippen molar-refractivity contribution < 1.29 is 22.7 Å². The molecule has 1 amide bonds. The van der Waals surface area contributed by atoms with Gasteiger partial charge in [-0.05, 0) is 73.0 Å². The number of hydrogen-bond acceptors (Lipinski definition) is 5. The third-order valence-electron chi connectivity index (χ3n) is 4.86. The van der Waals surface area contributed by atoms with E-state index in [0.717, 1.165) is 11.1 Å². The molecule has 7 nitrogen and oxygen atoms in total. The van der Waals surface area contributed by atoms with E-state index >= 15 is 0 Å². The van der Waals surface area contributed by atoms with Crippen molar-refractivity contribution in [1.82, 2.24) is 5.32 Å². The highest BCUT2D eigenvalue weighted by Gasteiger charge is 2.17. The molecule has 0 radical (unpaired) electrons. The zero-order valence-electron chi connectivity index (χ0n) is 18.0. The lowest BCUT2D eigenvalue weighted by Crippen LogP contribution is -2.22. The molecule has 8 heteroatoms. The minimum Gasteiger partial charge on any atom is -0.465 e. The summed E-state index contributed by atoms with van der Waals surface area (Å²) in [4.78, 5) is 24.1. The Labute approximate surface area is 187 Å². The molecule has 0 spiro atoms. The summed E-state index contributed by atoms with van der Waals surface area (Å²) < 4.78 is 32.6. The van der Waals surface area contributed by atoms with E-state index in [2.05, 4.69) is 14.8 Å². The fraction of sp³-hybridized carbons (Fsp3) is 0.167. The van der Waals surface area contributed by atoms with Crippen LogP contribution in [0, 0.1) is 13.8 Å². The summed E-state index contributed by atoms with van der Waals surface area (Å²) in [5, 5.41) is 2.79. The first-order chi connectivity index (χ1) is 15.2. The quantitative estimate of drug-likeness (QED) is 0.531. The van der Waals surface area contributed by atoms with E-state index in [9.17, 15) is 18.0 Å². The van der Waals surface area contributed by atoms with Crippen LogP contribution in [0.2, 0.25) is 0 Å². The number of rotatable bonds is 7. The zero-order chi connectivity index (χ0) is 23.3. The molecule has 0 fully saturated rings. The number of hydrogen-bond donors (Lipinski definition) is 2. The van der Waals surface area contributed by atoms with E-state index in [1.807, 2.05) is 13.0 Å². The smallest absolute Gasteiger partial charge is 0.337 e. The van der Waals surface area contributed by atoms with E-state index in [1.165, 1.54) is 7.11 Å². The van der Waals surface area contributed by atoms with Gasteiger partial charge in [0.15, 0.2) is 0 Å². The molecule has 0 bridgehead atoms. The SMILES string of the molecule is COC(=O)c1ccc(CNC(=O)c2ccc(NS(=O)(=O)c3cc(C)ccc3C)cc2)cc1. The lowest BCUT2D eigenvalue weighted by atomic mass is 10.1. The van der Waals surface area contributed by atoms with Gasteiger partial charge in [0.2, 0.25) is 0 Å². The largest absolute Gasteiger partial charge is 0.465 e. The Morgan fingerprint density at radius 3 is 2.12 bits per heavy atom. The molecule has 32 heavy (non-hydrogen) atoms. The molecule has 0 heterocycles. The van der Waals surface area contributed by atoms with Crippen LogP contribution < -0.4 is 10.0 Å². The lowest BCUT2D eigenvalue weighted by molar-refractivity contribution is 0.0600. The second-order valence-corrected chi connectivity index (χ2v) is 8.97. The molecule has 2 N–H and O–H groups in total. The van der Waals surface area contributed by atoms with Crippen LogP contribution in [-0.2, 0) is 21.3 Å². The van der Waals surface area contributed by atoms with Crippen molar-refractivity contribution in [2.45, 2.75) is 25.3 Å². The third-order valence-corrected chi connectivity index (χ3v) is 6.38. The van der Waals surface area contributed by atoms with Gasteiger partial charge in [-0.25, -0.2) is 13.2 Å². The van der Waals surface area contributed by atoms with Gasteiger partial charge in [-0.15, -0.1) is 0 Å². The van der Waals surface area contributed by atoms with Gasteiger partial charge >= 0.3 is 5.97 Å². The van der Waals surface area contributed by atoms with Crippen molar-refractivity contribution in [3.63, 3.8) is 0 Å². The number of nitrogens with one attached hydrogen (secondary N) is 2. The lowest BCUT2D eigenvalue weighted by Gasteiger charge is -2.12. The molecule has 0 saturated carbocycles. The molecule has 0 atom stereocenters. The molecule has 0 aliphatic carbocycles.